The number of ether oxygens (including phenoxy) is 1. The quantitative estimate of drug-likeness (QED) is 0.605. The molecule has 0 saturated carbocycles. The van der Waals surface area contributed by atoms with Crippen LogP contribution in [0.4, 0.5) is 0 Å². The number of carbonyl (C=O) groups excluding carboxylic acids is 1. The molecular formula is C23H23N3O5S. The molecule has 2 aliphatic rings. The summed E-state index contributed by atoms with van der Waals surface area (Å²) in [5, 5.41) is 3.77. The number of fused-ring (bicyclic) bond motifs is 2. The van der Waals surface area contributed by atoms with Crippen LogP contribution in [0.3, 0.4) is 0 Å². The zero-order valence-corrected chi connectivity index (χ0v) is 18.6. The Morgan fingerprint density at radius 1 is 0.938 bits per heavy atom. The first-order chi connectivity index (χ1) is 15.4. The van der Waals surface area contributed by atoms with Crippen molar-refractivity contribution in [2.24, 2.45) is 0 Å². The normalized spacial score (nSPS) is 16.9. The maximum absolute atomic E-state index is 13.6. The number of amides is 1. The van der Waals surface area contributed by atoms with Crippen LogP contribution >= 0.6 is 0 Å². The van der Waals surface area contributed by atoms with Crippen LogP contribution in [-0.2, 0) is 14.8 Å². The number of sulfonamides is 1. The predicted molar refractivity (Wildman–Crippen MR) is 116 cm³/mol. The van der Waals surface area contributed by atoms with Gasteiger partial charge in [-0.15, -0.1) is 0 Å². The molecular weight excluding hydrogens is 430 g/mol. The van der Waals surface area contributed by atoms with Crippen LogP contribution in [0.25, 0.3) is 0 Å². The van der Waals surface area contributed by atoms with Crippen molar-refractivity contribution in [3.05, 3.63) is 71.1 Å². The van der Waals surface area contributed by atoms with Gasteiger partial charge in [-0.3, -0.25) is 4.79 Å². The number of rotatable bonds is 3. The third-order valence-electron chi connectivity index (χ3n) is 6.04. The van der Waals surface area contributed by atoms with Crippen LogP contribution in [0.2, 0.25) is 0 Å². The zero-order chi connectivity index (χ0) is 22.5. The van der Waals surface area contributed by atoms with Crippen LogP contribution < -0.4 is 4.74 Å². The summed E-state index contributed by atoms with van der Waals surface area (Å²) in [5.74, 6) is 1.08. The second-order valence-electron chi connectivity index (χ2n) is 7.99. The van der Waals surface area contributed by atoms with E-state index in [-0.39, 0.29) is 29.7 Å². The van der Waals surface area contributed by atoms with E-state index in [9.17, 15) is 13.2 Å². The Labute approximate surface area is 186 Å². The molecule has 32 heavy (non-hydrogen) atoms. The minimum atomic E-state index is -3.73. The van der Waals surface area contributed by atoms with E-state index < -0.39 is 15.9 Å². The van der Waals surface area contributed by atoms with Gasteiger partial charge in [0.15, 0.2) is 5.76 Å². The lowest BCUT2D eigenvalue weighted by Gasteiger charge is -2.37. The predicted octanol–water partition coefficient (Wildman–Crippen LogP) is 3.06. The minimum absolute atomic E-state index is 0.0532. The lowest BCUT2D eigenvalue weighted by molar-refractivity contribution is -0.133. The summed E-state index contributed by atoms with van der Waals surface area (Å²) in [4.78, 5) is 15.5. The first-order valence-electron chi connectivity index (χ1n) is 10.5. The highest BCUT2D eigenvalue weighted by Gasteiger charge is 2.38. The monoisotopic (exact) mass is 453 g/mol. The average Bonchev–Trinajstić information content (AvgIpc) is 3.15. The fraction of sp³-hybridized carbons (Fsp3) is 0.304. The number of benzene rings is 2. The van der Waals surface area contributed by atoms with Gasteiger partial charge in [0.05, 0.1) is 5.92 Å². The van der Waals surface area contributed by atoms with Gasteiger partial charge in [-0.25, -0.2) is 8.42 Å². The molecule has 0 aliphatic carbocycles. The fourth-order valence-corrected chi connectivity index (χ4v) is 6.19. The molecule has 0 atom stereocenters. The van der Waals surface area contributed by atoms with Gasteiger partial charge < -0.3 is 14.2 Å². The van der Waals surface area contributed by atoms with Gasteiger partial charge in [-0.2, -0.15) is 4.31 Å². The van der Waals surface area contributed by atoms with E-state index in [0.29, 0.717) is 30.3 Å². The molecule has 1 aromatic heterocycles. The average molecular weight is 454 g/mol. The molecule has 166 valence electrons. The van der Waals surface area contributed by atoms with Gasteiger partial charge in [-0.1, -0.05) is 41.6 Å². The van der Waals surface area contributed by atoms with E-state index >= 15 is 0 Å². The van der Waals surface area contributed by atoms with E-state index in [4.69, 9.17) is 9.26 Å². The molecule has 0 spiro atoms. The summed E-state index contributed by atoms with van der Waals surface area (Å²) in [5.41, 5.74) is 1.99. The van der Waals surface area contributed by atoms with Crippen molar-refractivity contribution in [1.29, 1.82) is 0 Å². The SMILES string of the molecule is Cc1noc(C)c1S(=O)(=O)N1CCN(C(=O)C2c3ccccc3Oc3ccccc32)CC1. The van der Waals surface area contributed by atoms with E-state index in [1.54, 1.807) is 18.7 Å². The molecule has 2 aromatic carbocycles. The number of hydrogen-bond acceptors (Lipinski definition) is 6. The smallest absolute Gasteiger partial charge is 0.248 e. The van der Waals surface area contributed by atoms with Crippen molar-refractivity contribution in [3.8, 4) is 11.5 Å². The Balaban J connectivity index is 1.39. The van der Waals surface area contributed by atoms with E-state index in [1.807, 2.05) is 48.5 Å². The third kappa shape index (κ3) is 3.28. The summed E-state index contributed by atoms with van der Waals surface area (Å²) in [7, 11) is -3.73. The first-order valence-corrected chi connectivity index (χ1v) is 11.9. The Kier molecular flexibility index (Phi) is 5.02. The van der Waals surface area contributed by atoms with Crippen molar-refractivity contribution in [2.45, 2.75) is 24.7 Å². The highest BCUT2D eigenvalue weighted by atomic mass is 32.2. The summed E-state index contributed by atoms with van der Waals surface area (Å²) >= 11 is 0. The molecule has 1 saturated heterocycles. The fourth-order valence-electron chi connectivity index (χ4n) is 4.48. The van der Waals surface area contributed by atoms with Gasteiger partial charge in [0.1, 0.15) is 22.1 Å². The molecule has 0 N–H and O–H groups in total. The van der Waals surface area contributed by atoms with E-state index in [2.05, 4.69) is 5.16 Å². The zero-order valence-electron chi connectivity index (χ0n) is 17.8. The van der Waals surface area contributed by atoms with Gasteiger partial charge in [0.25, 0.3) is 0 Å². The van der Waals surface area contributed by atoms with Crippen LogP contribution in [0.5, 0.6) is 11.5 Å². The number of para-hydroxylation sites is 2. The van der Waals surface area contributed by atoms with E-state index in [1.165, 1.54) is 4.31 Å². The lowest BCUT2D eigenvalue weighted by atomic mass is 9.86. The molecule has 8 nitrogen and oxygen atoms in total. The Morgan fingerprint density at radius 3 is 2.03 bits per heavy atom. The van der Waals surface area contributed by atoms with Gasteiger partial charge in [0, 0.05) is 37.3 Å². The van der Waals surface area contributed by atoms with Crippen LogP contribution in [-0.4, -0.2) is 54.9 Å². The molecule has 0 bridgehead atoms. The molecule has 0 radical (unpaired) electrons. The van der Waals surface area contributed by atoms with E-state index in [0.717, 1.165) is 11.1 Å². The van der Waals surface area contributed by atoms with Crippen molar-refractivity contribution in [2.75, 3.05) is 26.2 Å². The van der Waals surface area contributed by atoms with Crippen molar-refractivity contribution in [1.82, 2.24) is 14.4 Å². The van der Waals surface area contributed by atoms with Crippen molar-refractivity contribution < 1.29 is 22.5 Å². The Morgan fingerprint density at radius 2 is 1.50 bits per heavy atom. The number of aryl methyl sites for hydroxylation is 2. The van der Waals surface area contributed by atoms with Crippen LogP contribution in [0, 0.1) is 13.8 Å². The summed E-state index contributed by atoms with van der Waals surface area (Å²) in [6, 6.07) is 15.1. The number of aromatic nitrogens is 1. The second kappa shape index (κ2) is 7.75. The highest BCUT2D eigenvalue weighted by Crippen LogP contribution is 2.44. The van der Waals surface area contributed by atoms with Gasteiger partial charge in [0.2, 0.25) is 15.9 Å². The molecule has 5 rings (SSSR count). The van der Waals surface area contributed by atoms with Crippen LogP contribution in [0.1, 0.15) is 28.5 Å². The first kappa shape index (κ1) is 20.7. The standard InChI is InChI=1S/C23H23N3O5S/c1-15-22(16(2)31-24-15)32(28,29)26-13-11-25(12-14-26)23(27)21-17-7-3-5-9-19(17)30-20-10-6-4-8-18(20)21/h3-10,21H,11-14H2,1-2H3. The summed E-state index contributed by atoms with van der Waals surface area (Å²) in [6.07, 6.45) is 0. The van der Waals surface area contributed by atoms with Crippen molar-refractivity contribution >= 4 is 15.9 Å². The number of nitrogens with zero attached hydrogens (tertiary/aromatic N) is 3. The largest absolute Gasteiger partial charge is 0.457 e. The Hall–Kier alpha value is -3.17. The molecule has 1 fully saturated rings. The molecule has 3 aromatic rings. The lowest BCUT2D eigenvalue weighted by Crippen LogP contribution is -2.51. The maximum Gasteiger partial charge on any atom is 0.248 e. The number of carbonyl (C=O) groups is 1. The molecule has 2 aliphatic heterocycles. The summed E-state index contributed by atoms with van der Waals surface area (Å²) in [6.45, 7) is 4.25. The minimum Gasteiger partial charge on any atom is -0.457 e. The summed E-state index contributed by atoms with van der Waals surface area (Å²) < 4.78 is 38.6. The molecule has 3 heterocycles. The topological polar surface area (TPSA) is 93.0 Å². The Bertz CT molecular complexity index is 1230. The second-order valence-corrected chi connectivity index (χ2v) is 9.87. The molecule has 9 heteroatoms. The third-order valence-corrected chi connectivity index (χ3v) is 8.19. The van der Waals surface area contributed by atoms with Gasteiger partial charge in [-0.05, 0) is 26.0 Å². The molecule has 0 unspecified atom stereocenters. The number of piperazine rings is 1. The molecule has 1 amide bonds. The number of hydrogen-bond donors (Lipinski definition) is 0. The van der Waals surface area contributed by atoms with Crippen LogP contribution in [0.15, 0.2) is 57.9 Å². The van der Waals surface area contributed by atoms with Crippen molar-refractivity contribution in [3.63, 3.8) is 0 Å². The highest BCUT2D eigenvalue weighted by molar-refractivity contribution is 7.89. The maximum atomic E-state index is 13.6. The van der Waals surface area contributed by atoms with Gasteiger partial charge >= 0.3 is 0 Å².